The Labute approximate surface area is 124 Å². The van der Waals surface area contributed by atoms with Crippen LogP contribution in [0, 0.1) is 11.3 Å². The van der Waals surface area contributed by atoms with Crippen LogP contribution in [-0.2, 0) is 12.8 Å². The number of rotatable bonds is 2. The summed E-state index contributed by atoms with van der Waals surface area (Å²) in [6.07, 6.45) is 4.62. The van der Waals surface area contributed by atoms with Gasteiger partial charge in [0.1, 0.15) is 0 Å². The molecule has 2 aromatic carbocycles. The smallest absolute Gasteiger partial charge is 0.255 e. The Hall–Kier alpha value is -2.60. The Bertz CT molecular complexity index is 711. The van der Waals surface area contributed by atoms with Gasteiger partial charge in [0.25, 0.3) is 5.91 Å². The third-order valence-corrected chi connectivity index (χ3v) is 3.88. The van der Waals surface area contributed by atoms with Crippen LogP contribution in [0.5, 0.6) is 0 Å². The number of aryl methyl sites for hydroxylation is 2. The molecule has 3 heteroatoms. The van der Waals surface area contributed by atoms with E-state index in [9.17, 15) is 4.79 Å². The number of carbonyl (C=O) groups excluding carboxylic acids is 1. The van der Waals surface area contributed by atoms with Gasteiger partial charge in [-0.3, -0.25) is 4.79 Å². The van der Waals surface area contributed by atoms with E-state index in [2.05, 4.69) is 17.5 Å². The lowest BCUT2D eigenvalue weighted by molar-refractivity contribution is 0.102. The highest BCUT2D eigenvalue weighted by Crippen LogP contribution is 2.22. The molecular formula is C18H16N2O. The Kier molecular flexibility index (Phi) is 3.70. The maximum Gasteiger partial charge on any atom is 0.255 e. The molecule has 3 nitrogen and oxygen atoms in total. The zero-order valence-corrected chi connectivity index (χ0v) is 11.7. The van der Waals surface area contributed by atoms with Crippen molar-refractivity contribution in [3.8, 4) is 6.07 Å². The van der Waals surface area contributed by atoms with Crippen LogP contribution in [0.1, 0.15) is 39.9 Å². The molecule has 0 fully saturated rings. The van der Waals surface area contributed by atoms with Gasteiger partial charge in [-0.15, -0.1) is 0 Å². The summed E-state index contributed by atoms with van der Waals surface area (Å²) in [6.45, 7) is 0. The number of nitrogens with one attached hydrogen (secondary N) is 1. The molecule has 0 radical (unpaired) electrons. The minimum absolute atomic E-state index is 0.104. The number of amides is 1. The van der Waals surface area contributed by atoms with Crippen molar-refractivity contribution in [2.75, 3.05) is 5.32 Å². The zero-order chi connectivity index (χ0) is 14.7. The van der Waals surface area contributed by atoms with Crippen molar-refractivity contribution in [3.05, 3.63) is 64.7 Å². The van der Waals surface area contributed by atoms with Crippen molar-refractivity contribution in [3.63, 3.8) is 0 Å². The number of hydrogen-bond acceptors (Lipinski definition) is 2. The molecule has 1 amide bonds. The number of carbonyl (C=O) groups is 1. The first-order valence-corrected chi connectivity index (χ1v) is 7.19. The Morgan fingerprint density at radius 3 is 2.43 bits per heavy atom. The molecule has 104 valence electrons. The molecule has 0 spiro atoms. The van der Waals surface area contributed by atoms with E-state index in [1.165, 1.54) is 24.0 Å². The van der Waals surface area contributed by atoms with Crippen molar-refractivity contribution in [1.82, 2.24) is 0 Å². The first kappa shape index (κ1) is 13.4. The van der Waals surface area contributed by atoms with Gasteiger partial charge in [-0.05, 0) is 73.2 Å². The second kappa shape index (κ2) is 5.80. The lowest BCUT2D eigenvalue weighted by atomic mass is 9.90. The summed E-state index contributed by atoms with van der Waals surface area (Å²) in [4.78, 5) is 12.3. The van der Waals surface area contributed by atoms with Gasteiger partial charge in [0.05, 0.1) is 11.6 Å². The second-order valence-corrected chi connectivity index (χ2v) is 5.33. The number of hydrogen-bond donors (Lipinski definition) is 1. The maximum atomic E-state index is 12.3. The summed E-state index contributed by atoms with van der Waals surface area (Å²) in [5, 5.41) is 11.6. The fraction of sp³-hybridized carbons (Fsp3) is 0.222. The van der Waals surface area contributed by atoms with E-state index in [0.717, 1.165) is 12.8 Å². The van der Waals surface area contributed by atoms with Crippen LogP contribution in [0.4, 0.5) is 5.69 Å². The highest BCUT2D eigenvalue weighted by Gasteiger charge is 2.13. The SMILES string of the molecule is N#Cc1ccc(NC(=O)c2ccc3c(c2)CCCC3)cc1. The van der Waals surface area contributed by atoms with Crippen LogP contribution in [0.15, 0.2) is 42.5 Å². The molecule has 1 N–H and O–H groups in total. The Morgan fingerprint density at radius 1 is 1.00 bits per heavy atom. The molecule has 1 aliphatic rings. The van der Waals surface area contributed by atoms with Crippen LogP contribution in [0.2, 0.25) is 0 Å². The van der Waals surface area contributed by atoms with E-state index in [1.54, 1.807) is 24.3 Å². The molecule has 0 aliphatic heterocycles. The topological polar surface area (TPSA) is 52.9 Å². The number of nitriles is 1. The molecule has 3 rings (SSSR count). The number of benzene rings is 2. The van der Waals surface area contributed by atoms with Gasteiger partial charge >= 0.3 is 0 Å². The predicted molar refractivity (Wildman–Crippen MR) is 82.2 cm³/mol. The molecule has 0 bridgehead atoms. The van der Waals surface area contributed by atoms with E-state index in [4.69, 9.17) is 5.26 Å². The van der Waals surface area contributed by atoms with Gasteiger partial charge < -0.3 is 5.32 Å². The van der Waals surface area contributed by atoms with Crippen molar-refractivity contribution >= 4 is 11.6 Å². The summed E-state index contributed by atoms with van der Waals surface area (Å²) in [5.41, 5.74) is 4.66. The van der Waals surface area contributed by atoms with Gasteiger partial charge in [0, 0.05) is 11.3 Å². The molecule has 2 aromatic rings. The third-order valence-electron chi connectivity index (χ3n) is 3.88. The minimum atomic E-state index is -0.104. The standard InChI is InChI=1S/C18H16N2O/c19-12-13-5-9-17(10-6-13)20-18(21)16-8-7-14-3-1-2-4-15(14)11-16/h5-11H,1-4H2,(H,20,21). The molecule has 0 saturated heterocycles. The molecule has 0 atom stereocenters. The van der Waals surface area contributed by atoms with Gasteiger partial charge in [-0.2, -0.15) is 5.26 Å². The summed E-state index contributed by atoms with van der Waals surface area (Å²) in [5.74, 6) is -0.104. The molecule has 21 heavy (non-hydrogen) atoms. The van der Waals surface area contributed by atoms with E-state index >= 15 is 0 Å². The minimum Gasteiger partial charge on any atom is -0.322 e. The Morgan fingerprint density at radius 2 is 1.71 bits per heavy atom. The van der Waals surface area contributed by atoms with E-state index in [-0.39, 0.29) is 5.91 Å². The van der Waals surface area contributed by atoms with Gasteiger partial charge in [0.15, 0.2) is 0 Å². The number of fused-ring (bicyclic) bond motifs is 1. The van der Waals surface area contributed by atoms with Gasteiger partial charge in [-0.25, -0.2) is 0 Å². The zero-order valence-electron chi connectivity index (χ0n) is 11.7. The molecule has 0 aromatic heterocycles. The molecule has 0 saturated carbocycles. The molecule has 0 heterocycles. The Balaban J connectivity index is 1.77. The van der Waals surface area contributed by atoms with Crippen LogP contribution in [-0.4, -0.2) is 5.91 Å². The van der Waals surface area contributed by atoms with Crippen LogP contribution < -0.4 is 5.32 Å². The highest BCUT2D eigenvalue weighted by atomic mass is 16.1. The van der Waals surface area contributed by atoms with Crippen LogP contribution >= 0.6 is 0 Å². The van der Waals surface area contributed by atoms with E-state index in [0.29, 0.717) is 16.8 Å². The lowest BCUT2D eigenvalue weighted by Gasteiger charge is -2.16. The first-order chi connectivity index (χ1) is 10.3. The monoisotopic (exact) mass is 276 g/mol. The van der Waals surface area contributed by atoms with Crippen molar-refractivity contribution in [1.29, 1.82) is 5.26 Å². The second-order valence-electron chi connectivity index (χ2n) is 5.33. The fourth-order valence-corrected chi connectivity index (χ4v) is 2.71. The quantitative estimate of drug-likeness (QED) is 0.909. The van der Waals surface area contributed by atoms with Crippen molar-refractivity contribution in [2.45, 2.75) is 25.7 Å². The normalized spacial score (nSPS) is 13.1. The molecular weight excluding hydrogens is 260 g/mol. The number of anilines is 1. The predicted octanol–water partition coefficient (Wildman–Crippen LogP) is 3.69. The van der Waals surface area contributed by atoms with Crippen LogP contribution in [0.3, 0.4) is 0 Å². The van der Waals surface area contributed by atoms with Gasteiger partial charge in [-0.1, -0.05) is 6.07 Å². The average molecular weight is 276 g/mol. The van der Waals surface area contributed by atoms with Crippen molar-refractivity contribution < 1.29 is 4.79 Å². The average Bonchev–Trinajstić information content (AvgIpc) is 2.55. The highest BCUT2D eigenvalue weighted by molar-refractivity contribution is 6.04. The fourth-order valence-electron chi connectivity index (χ4n) is 2.71. The summed E-state index contributed by atoms with van der Waals surface area (Å²) < 4.78 is 0. The summed E-state index contributed by atoms with van der Waals surface area (Å²) in [6, 6.07) is 14.9. The van der Waals surface area contributed by atoms with E-state index in [1.807, 2.05) is 12.1 Å². The molecule has 1 aliphatic carbocycles. The molecule has 0 unspecified atom stereocenters. The van der Waals surface area contributed by atoms with Gasteiger partial charge in [0.2, 0.25) is 0 Å². The largest absolute Gasteiger partial charge is 0.322 e. The van der Waals surface area contributed by atoms with E-state index < -0.39 is 0 Å². The third kappa shape index (κ3) is 2.95. The maximum absolute atomic E-state index is 12.3. The first-order valence-electron chi connectivity index (χ1n) is 7.19. The summed E-state index contributed by atoms with van der Waals surface area (Å²) >= 11 is 0. The lowest BCUT2D eigenvalue weighted by Crippen LogP contribution is -2.13. The van der Waals surface area contributed by atoms with Crippen molar-refractivity contribution in [2.24, 2.45) is 0 Å². The summed E-state index contributed by atoms with van der Waals surface area (Å²) in [7, 11) is 0. The van der Waals surface area contributed by atoms with Crippen LogP contribution in [0.25, 0.3) is 0 Å². The number of nitrogens with zero attached hydrogens (tertiary/aromatic N) is 1.